The lowest BCUT2D eigenvalue weighted by Gasteiger charge is -2.19. The van der Waals surface area contributed by atoms with Gasteiger partial charge in [0.05, 0.1) is 0 Å². The summed E-state index contributed by atoms with van der Waals surface area (Å²) in [6.07, 6.45) is 14.8. The van der Waals surface area contributed by atoms with Gasteiger partial charge in [0.1, 0.15) is 5.82 Å². The molecule has 142 valence electrons. The first-order chi connectivity index (χ1) is 13.7. The number of fused-ring (bicyclic) bond motifs is 2. The molecule has 5 nitrogen and oxygen atoms in total. The van der Waals surface area contributed by atoms with E-state index in [1.807, 2.05) is 11.0 Å². The normalized spacial score (nSPS) is 23.5. The van der Waals surface area contributed by atoms with Crippen molar-refractivity contribution < 1.29 is 4.79 Å². The van der Waals surface area contributed by atoms with E-state index < -0.39 is 0 Å². The number of nitrogens with one attached hydrogen (secondary N) is 1. The highest BCUT2D eigenvalue weighted by molar-refractivity contribution is 5.92. The molecule has 5 heteroatoms. The molecule has 1 aliphatic carbocycles. The zero-order valence-corrected chi connectivity index (χ0v) is 15.8. The van der Waals surface area contributed by atoms with Crippen LogP contribution in [0.25, 0.3) is 11.8 Å². The highest BCUT2D eigenvalue weighted by Gasteiger charge is 2.37. The van der Waals surface area contributed by atoms with Crippen molar-refractivity contribution in [2.24, 2.45) is 11.8 Å². The number of hydrogen-bond acceptors (Lipinski definition) is 3. The third kappa shape index (κ3) is 3.17. The minimum Gasteiger partial charge on any atom is -0.344 e. The minimum absolute atomic E-state index is 0.0922. The van der Waals surface area contributed by atoms with Crippen LogP contribution in [0.15, 0.2) is 61.2 Å². The molecule has 0 bridgehead atoms. The maximum atomic E-state index is 12.7. The molecule has 0 radical (unpaired) electrons. The van der Waals surface area contributed by atoms with Crippen molar-refractivity contribution in [3.63, 3.8) is 0 Å². The van der Waals surface area contributed by atoms with Gasteiger partial charge in [0, 0.05) is 55.1 Å². The molecule has 0 saturated carbocycles. The summed E-state index contributed by atoms with van der Waals surface area (Å²) >= 11 is 0. The van der Waals surface area contributed by atoms with Crippen molar-refractivity contribution in [2.75, 3.05) is 18.4 Å². The van der Waals surface area contributed by atoms with Crippen molar-refractivity contribution in [3.8, 4) is 0 Å². The van der Waals surface area contributed by atoms with Crippen LogP contribution in [-0.4, -0.2) is 33.4 Å². The number of anilines is 1. The second-order valence-electron chi connectivity index (χ2n) is 7.96. The van der Waals surface area contributed by atoms with Crippen LogP contribution in [0.2, 0.25) is 0 Å². The third-order valence-electron chi connectivity index (χ3n) is 6.01. The molecule has 0 spiro atoms. The molecule has 1 amide bonds. The fraction of sp³-hybridized carbons (Fsp3) is 0.304. The fourth-order valence-electron chi connectivity index (χ4n) is 4.49. The predicted octanol–water partition coefficient (Wildman–Crippen LogP) is 3.79. The number of nitrogens with zero attached hydrogens (tertiary/aromatic N) is 3. The fourth-order valence-corrected chi connectivity index (χ4v) is 4.49. The van der Waals surface area contributed by atoms with Gasteiger partial charge < -0.3 is 14.8 Å². The number of rotatable bonds is 3. The summed E-state index contributed by atoms with van der Waals surface area (Å²) in [5.74, 6) is 1.99. The van der Waals surface area contributed by atoms with Crippen LogP contribution in [0, 0.1) is 11.8 Å². The number of aromatic nitrogens is 2. The van der Waals surface area contributed by atoms with Crippen molar-refractivity contribution in [2.45, 2.75) is 19.3 Å². The lowest BCUT2D eigenvalue weighted by atomic mass is 10.0. The minimum atomic E-state index is 0.0922. The number of hydrogen-bond donors (Lipinski definition) is 1. The molecule has 1 N–H and O–H groups in total. The first kappa shape index (κ1) is 17.0. The van der Waals surface area contributed by atoms with Gasteiger partial charge in [-0.1, -0.05) is 12.7 Å². The molecule has 5 rings (SSSR count). The molecule has 0 aromatic carbocycles. The quantitative estimate of drug-likeness (QED) is 0.834. The number of carbonyl (C=O) groups excluding carboxylic acids is 1. The van der Waals surface area contributed by atoms with E-state index in [-0.39, 0.29) is 5.91 Å². The van der Waals surface area contributed by atoms with Gasteiger partial charge in [0.2, 0.25) is 5.91 Å². The van der Waals surface area contributed by atoms with Crippen LogP contribution >= 0.6 is 0 Å². The average molecular weight is 372 g/mol. The number of allylic oxidation sites excluding steroid dienone is 2. The van der Waals surface area contributed by atoms with Gasteiger partial charge in [-0.2, -0.15) is 0 Å². The summed E-state index contributed by atoms with van der Waals surface area (Å²) in [7, 11) is 0. The van der Waals surface area contributed by atoms with E-state index in [4.69, 9.17) is 0 Å². The van der Waals surface area contributed by atoms with Crippen LogP contribution in [0.1, 0.15) is 24.0 Å². The molecule has 2 aromatic heterocycles. The molecule has 2 aromatic rings. The highest BCUT2D eigenvalue weighted by atomic mass is 16.2. The second-order valence-corrected chi connectivity index (χ2v) is 7.96. The second kappa shape index (κ2) is 6.82. The molecule has 3 aliphatic rings. The number of pyridine rings is 1. The summed E-state index contributed by atoms with van der Waals surface area (Å²) in [6.45, 7) is 5.61. The third-order valence-corrected chi connectivity index (χ3v) is 6.01. The maximum Gasteiger partial charge on any atom is 0.246 e. The Balaban J connectivity index is 1.23. The van der Waals surface area contributed by atoms with E-state index in [2.05, 4.69) is 58.1 Å². The Morgan fingerprint density at radius 3 is 2.93 bits per heavy atom. The molecule has 1 saturated heterocycles. The number of carbonyl (C=O) groups is 1. The zero-order chi connectivity index (χ0) is 19.1. The van der Waals surface area contributed by atoms with Crippen LogP contribution < -0.4 is 5.32 Å². The Labute approximate surface area is 165 Å². The van der Waals surface area contributed by atoms with Crippen molar-refractivity contribution >= 4 is 23.5 Å². The summed E-state index contributed by atoms with van der Waals surface area (Å²) in [6, 6.07) is 6.21. The van der Waals surface area contributed by atoms with E-state index in [1.54, 1.807) is 12.3 Å². The topological polar surface area (TPSA) is 50.2 Å². The molecule has 2 atom stereocenters. The first-order valence-electron chi connectivity index (χ1n) is 9.90. The van der Waals surface area contributed by atoms with Gasteiger partial charge in [-0.05, 0) is 60.6 Å². The standard InChI is InChI=1S/C23H24N4O/c1-16-4-6-18-10-17(13-24-23(18)25-16)5-7-22(28)27-14-19-11-21(12-20(19)15-27)26-8-2-3-9-26/h2-3,5,7-11,13,19-20H,1,4,6,12,14-15H2,(H,24,25)/b7-5+. The first-order valence-corrected chi connectivity index (χ1v) is 9.90. The molecular formula is C23H24N4O. The number of aryl methyl sites for hydroxylation is 1. The van der Waals surface area contributed by atoms with Crippen molar-refractivity contribution in [1.29, 1.82) is 0 Å². The molecule has 1 fully saturated rings. The number of amides is 1. The van der Waals surface area contributed by atoms with E-state index in [9.17, 15) is 4.79 Å². The Morgan fingerprint density at radius 1 is 1.25 bits per heavy atom. The lowest BCUT2D eigenvalue weighted by molar-refractivity contribution is -0.125. The monoisotopic (exact) mass is 372 g/mol. The smallest absolute Gasteiger partial charge is 0.246 e. The molecule has 2 unspecified atom stereocenters. The Hall–Kier alpha value is -3.08. The predicted molar refractivity (Wildman–Crippen MR) is 111 cm³/mol. The van der Waals surface area contributed by atoms with Crippen LogP contribution in [0.3, 0.4) is 0 Å². The summed E-state index contributed by atoms with van der Waals surface area (Å²) in [5.41, 5.74) is 4.52. The van der Waals surface area contributed by atoms with Gasteiger partial charge in [-0.3, -0.25) is 4.79 Å². The van der Waals surface area contributed by atoms with E-state index in [1.165, 1.54) is 11.3 Å². The molecule has 2 aliphatic heterocycles. The molecule has 4 heterocycles. The van der Waals surface area contributed by atoms with Crippen molar-refractivity contribution in [1.82, 2.24) is 14.5 Å². The Morgan fingerprint density at radius 2 is 2.11 bits per heavy atom. The summed E-state index contributed by atoms with van der Waals surface area (Å²) in [4.78, 5) is 19.1. The van der Waals surface area contributed by atoms with E-state index >= 15 is 0 Å². The zero-order valence-electron chi connectivity index (χ0n) is 15.8. The Bertz CT molecular complexity index is 986. The van der Waals surface area contributed by atoms with E-state index in [0.29, 0.717) is 11.8 Å². The molecule has 28 heavy (non-hydrogen) atoms. The largest absolute Gasteiger partial charge is 0.344 e. The van der Waals surface area contributed by atoms with Gasteiger partial charge in [-0.15, -0.1) is 0 Å². The van der Waals surface area contributed by atoms with Gasteiger partial charge >= 0.3 is 0 Å². The van der Waals surface area contributed by atoms with Crippen LogP contribution in [0.4, 0.5) is 5.82 Å². The Kier molecular flexibility index (Phi) is 4.15. The summed E-state index contributed by atoms with van der Waals surface area (Å²) in [5, 5.41) is 3.22. The average Bonchev–Trinajstić information content (AvgIpc) is 3.41. The van der Waals surface area contributed by atoms with Gasteiger partial charge in [-0.25, -0.2) is 4.98 Å². The maximum absolute atomic E-state index is 12.7. The highest BCUT2D eigenvalue weighted by Crippen LogP contribution is 2.38. The molecular weight excluding hydrogens is 348 g/mol. The van der Waals surface area contributed by atoms with Crippen LogP contribution in [0.5, 0.6) is 0 Å². The van der Waals surface area contributed by atoms with Crippen molar-refractivity contribution in [3.05, 3.63) is 72.3 Å². The number of likely N-dealkylation sites (tertiary alicyclic amines) is 1. The van der Waals surface area contributed by atoms with Gasteiger partial charge in [0.25, 0.3) is 0 Å². The SMILES string of the molecule is C=C1CCc2cc(/C=C/C(=O)N3CC4C=C(n5cccc5)CC4C3)cnc2N1. The lowest BCUT2D eigenvalue weighted by Crippen LogP contribution is -2.27. The van der Waals surface area contributed by atoms with E-state index in [0.717, 1.165) is 49.4 Å². The van der Waals surface area contributed by atoms with Crippen LogP contribution in [-0.2, 0) is 11.2 Å². The van der Waals surface area contributed by atoms with Gasteiger partial charge in [0.15, 0.2) is 0 Å². The summed E-state index contributed by atoms with van der Waals surface area (Å²) < 4.78 is 2.19.